The summed E-state index contributed by atoms with van der Waals surface area (Å²) >= 11 is 0. The smallest absolute Gasteiger partial charge is 0.747 e. The average Bonchev–Trinajstić information content (AvgIpc) is 3.02. The molecule has 10 nitrogen and oxygen atoms in total. The summed E-state index contributed by atoms with van der Waals surface area (Å²) in [6, 6.07) is 0. The summed E-state index contributed by atoms with van der Waals surface area (Å²) in [6.45, 7) is 0.143. The zero-order valence-electron chi connectivity index (χ0n) is 26.5. The molecule has 43 heavy (non-hydrogen) atoms. The number of allylic oxidation sites excluding steroid dienone is 2. The molecule has 0 saturated carbocycles. The zero-order chi connectivity index (χ0) is 31.1. The van der Waals surface area contributed by atoms with E-state index in [9.17, 15) is 32.5 Å². The van der Waals surface area contributed by atoms with Crippen molar-refractivity contribution in [2.75, 3.05) is 26.4 Å². The topological polar surface area (TPSA) is 156 Å². The Morgan fingerprint density at radius 1 is 0.884 bits per heavy atom. The molecule has 1 aliphatic heterocycles. The minimum Gasteiger partial charge on any atom is -0.747 e. The van der Waals surface area contributed by atoms with Crippen molar-refractivity contribution >= 4 is 28.0 Å². The van der Waals surface area contributed by atoms with Crippen molar-refractivity contribution in [1.29, 1.82) is 0 Å². The van der Waals surface area contributed by atoms with Gasteiger partial charge in [-0.05, 0) is 32.1 Å². The van der Waals surface area contributed by atoms with Gasteiger partial charge in [-0.1, -0.05) is 96.1 Å². The van der Waals surface area contributed by atoms with E-state index in [0.29, 0.717) is 6.42 Å². The summed E-state index contributed by atoms with van der Waals surface area (Å²) in [7, 11) is -5.14. The minimum atomic E-state index is -5.14. The largest absolute Gasteiger partial charge is 1.00 e. The van der Waals surface area contributed by atoms with Crippen LogP contribution >= 0.6 is 0 Å². The molecule has 0 aliphatic carbocycles. The molecule has 0 aromatic carbocycles. The fourth-order valence-corrected chi connectivity index (χ4v) is 5.32. The summed E-state index contributed by atoms with van der Waals surface area (Å²) in [5.41, 5.74) is -1.45. The van der Waals surface area contributed by atoms with Crippen molar-refractivity contribution in [2.45, 2.75) is 134 Å². The van der Waals surface area contributed by atoms with Crippen molar-refractivity contribution in [1.82, 2.24) is 0 Å². The molecule has 0 aromatic rings. The first-order valence-electron chi connectivity index (χ1n) is 15.8. The molecule has 2 unspecified atom stereocenters. The molecular weight excluding hydrogens is 603 g/mol. The van der Waals surface area contributed by atoms with Gasteiger partial charge in [0.15, 0.2) is 5.25 Å². The van der Waals surface area contributed by atoms with Crippen LogP contribution < -0.4 is 51.4 Å². The number of rotatable bonds is 23. The second-order valence-corrected chi connectivity index (χ2v) is 13.1. The Morgan fingerprint density at radius 3 is 1.88 bits per heavy atom. The van der Waals surface area contributed by atoms with E-state index in [1.807, 2.05) is 0 Å². The number of esters is 3. The summed E-state index contributed by atoms with van der Waals surface area (Å²) in [6.07, 6.45) is 24.2. The number of carbonyl (C=O) groups excluding carboxylic acids is 3. The van der Waals surface area contributed by atoms with E-state index >= 15 is 0 Å². The van der Waals surface area contributed by atoms with E-state index < -0.39 is 71.5 Å². The molecule has 1 heterocycles. The van der Waals surface area contributed by atoms with E-state index in [4.69, 9.17) is 14.2 Å². The van der Waals surface area contributed by atoms with E-state index in [1.165, 1.54) is 77.0 Å². The van der Waals surface area contributed by atoms with Gasteiger partial charge in [0.25, 0.3) is 0 Å². The van der Waals surface area contributed by atoms with Crippen LogP contribution in [0.3, 0.4) is 0 Å². The van der Waals surface area contributed by atoms with Crippen molar-refractivity contribution in [2.24, 2.45) is 5.41 Å². The first kappa shape index (κ1) is 42.7. The second-order valence-electron chi connectivity index (χ2n) is 11.5. The van der Waals surface area contributed by atoms with Crippen LogP contribution in [0.25, 0.3) is 0 Å². The van der Waals surface area contributed by atoms with E-state index in [0.717, 1.165) is 25.7 Å². The molecule has 1 rings (SSSR count). The number of carbonyl (C=O) groups is 3. The van der Waals surface area contributed by atoms with Crippen LogP contribution in [0.2, 0.25) is 0 Å². The molecule has 0 aromatic heterocycles. The van der Waals surface area contributed by atoms with Gasteiger partial charge in [0.2, 0.25) is 0 Å². The summed E-state index contributed by atoms with van der Waals surface area (Å²) in [5, 5.41) is 7.62. The third-order valence-electron chi connectivity index (χ3n) is 7.54. The van der Waals surface area contributed by atoms with E-state index in [1.54, 1.807) is 0 Å². The molecule has 1 aliphatic rings. The van der Waals surface area contributed by atoms with Gasteiger partial charge in [0, 0.05) is 6.42 Å². The van der Waals surface area contributed by atoms with Gasteiger partial charge >= 0.3 is 69.3 Å². The van der Waals surface area contributed by atoms with Gasteiger partial charge < -0.3 is 23.9 Å². The number of aliphatic hydroxyl groups is 1. The fourth-order valence-electron chi connectivity index (χ4n) is 4.68. The Morgan fingerprint density at radius 2 is 1.37 bits per heavy atom. The Hall–Kier alpha value is -0.344. The molecule has 1 N–H and O–H groups in total. The molecule has 0 amide bonds. The molecule has 1 saturated heterocycles. The van der Waals surface area contributed by atoms with Crippen LogP contribution in [0.1, 0.15) is 129 Å². The molecule has 244 valence electrons. The van der Waals surface area contributed by atoms with Crippen molar-refractivity contribution in [3.63, 3.8) is 0 Å². The Balaban J connectivity index is 0.0000176. The van der Waals surface area contributed by atoms with Crippen LogP contribution in [0.4, 0.5) is 0 Å². The molecule has 0 spiro atoms. The van der Waals surface area contributed by atoms with E-state index in [-0.39, 0.29) is 57.8 Å². The van der Waals surface area contributed by atoms with Crippen LogP contribution in [0, 0.1) is 5.41 Å². The van der Waals surface area contributed by atoms with Crippen LogP contribution in [0.15, 0.2) is 12.2 Å². The molecule has 12 heteroatoms. The predicted octanol–water partition coefficient (Wildman–Crippen LogP) is 2.51. The second kappa shape index (κ2) is 25.8. The van der Waals surface area contributed by atoms with Crippen molar-refractivity contribution in [3.8, 4) is 0 Å². The molecule has 1 fully saturated rings. The maximum absolute atomic E-state index is 12.2. The van der Waals surface area contributed by atoms with Gasteiger partial charge in [0.1, 0.15) is 29.9 Å². The minimum absolute atomic E-state index is 0. The van der Waals surface area contributed by atoms with Gasteiger partial charge in [0.05, 0.1) is 18.4 Å². The van der Waals surface area contributed by atoms with Crippen LogP contribution in [-0.4, -0.2) is 67.7 Å². The van der Waals surface area contributed by atoms with Crippen LogP contribution in [0.5, 0.6) is 0 Å². The fraction of sp³-hybridized carbons (Fsp3) is 0.839. The molecule has 0 radical (unpaired) electrons. The number of hydrogen-bond acceptors (Lipinski definition) is 10. The van der Waals surface area contributed by atoms with Gasteiger partial charge in [-0.3, -0.25) is 14.4 Å². The van der Waals surface area contributed by atoms with Crippen molar-refractivity contribution < 1.29 is 98.1 Å². The molecule has 0 bridgehead atoms. The quantitative estimate of drug-likeness (QED) is 0.0433. The number of unbranched alkanes of at least 4 members (excludes halogenated alkanes) is 15. The SMILES string of the molecule is CCCCCCCCCC/C=C/CCCCCCCCCC(=O)OCC1(CO)COC(=O)CC(S(=O)(=O)[O-])C(=O)OC1.[K+]. The average molecular weight is 657 g/mol. The predicted molar refractivity (Wildman–Crippen MR) is 158 cm³/mol. The Labute approximate surface area is 301 Å². The Kier molecular flexibility index (Phi) is 25.6. The maximum atomic E-state index is 12.2. The number of ether oxygens (including phenoxy) is 3. The summed E-state index contributed by atoms with van der Waals surface area (Å²) < 4.78 is 48.9. The number of hydrogen-bond donors (Lipinski definition) is 1. The number of aliphatic hydroxyl groups excluding tert-OH is 1. The van der Waals surface area contributed by atoms with Crippen LogP contribution in [-0.2, 0) is 38.7 Å². The first-order valence-corrected chi connectivity index (χ1v) is 17.3. The Bertz CT molecular complexity index is 908. The summed E-state index contributed by atoms with van der Waals surface area (Å²) in [5.74, 6) is -3.01. The first-order chi connectivity index (χ1) is 20.1. The van der Waals surface area contributed by atoms with Gasteiger partial charge in [-0.2, -0.15) is 0 Å². The van der Waals surface area contributed by atoms with E-state index in [2.05, 4.69) is 19.1 Å². The normalized spacial score (nSPS) is 19.6. The maximum Gasteiger partial charge on any atom is 1.00 e. The van der Waals surface area contributed by atoms with Crippen molar-refractivity contribution in [3.05, 3.63) is 12.2 Å². The molecular formula is C31H53KO10S. The standard InChI is InChI=1S/C31H54O10S.K/c1-2-3-4-5-6-7-8-9-10-11-12-13-14-15-16-17-18-19-20-21-28(33)39-24-31(23-32)25-40-29(34)22-27(42(36,37)38)30(35)41-26-31;/h11-12,27,32H,2-10,13-26H2,1H3,(H,36,37,38);/q;+1/p-1/b12-11+;. The third kappa shape index (κ3) is 21.1. The number of cyclic esters (lactones) is 2. The van der Waals surface area contributed by atoms with Gasteiger partial charge in [-0.25, -0.2) is 8.42 Å². The zero-order valence-corrected chi connectivity index (χ0v) is 30.5. The van der Waals surface area contributed by atoms with Gasteiger partial charge in [-0.15, -0.1) is 0 Å². The monoisotopic (exact) mass is 656 g/mol. The third-order valence-corrected chi connectivity index (χ3v) is 8.60. The summed E-state index contributed by atoms with van der Waals surface area (Å²) in [4.78, 5) is 36.2. The molecule has 2 atom stereocenters.